The quantitative estimate of drug-likeness (QED) is 0.102. The van der Waals surface area contributed by atoms with Gasteiger partial charge in [0.05, 0.1) is 61.0 Å². The number of carbonyl (C=O) groups excluding carboxylic acids is 5. The summed E-state index contributed by atoms with van der Waals surface area (Å²) in [7, 11) is 1.51. The number of methoxy groups -OCH3 is 1. The van der Waals surface area contributed by atoms with Crippen LogP contribution in [0.4, 0.5) is 21.9 Å². The van der Waals surface area contributed by atoms with Gasteiger partial charge in [0.2, 0.25) is 11.8 Å². The van der Waals surface area contributed by atoms with E-state index in [0.29, 0.717) is 78.6 Å². The second-order valence-corrected chi connectivity index (χ2v) is 17.5. The molecular weight excluding hydrogens is 851 g/mol. The molecule has 352 valence electrons. The van der Waals surface area contributed by atoms with E-state index in [-0.39, 0.29) is 35.6 Å². The average Bonchev–Trinajstić information content (AvgIpc) is 3.86. The number of benzene rings is 3. The van der Waals surface area contributed by atoms with Gasteiger partial charge < -0.3 is 60.6 Å². The van der Waals surface area contributed by atoms with Crippen molar-refractivity contribution in [3.8, 4) is 17.2 Å². The summed E-state index contributed by atoms with van der Waals surface area (Å²) in [5, 5.41) is 31.0. The first kappa shape index (κ1) is 47.3. The van der Waals surface area contributed by atoms with Crippen molar-refractivity contribution in [1.29, 1.82) is 0 Å². The van der Waals surface area contributed by atoms with Crippen LogP contribution in [0.1, 0.15) is 93.0 Å². The summed E-state index contributed by atoms with van der Waals surface area (Å²) in [6.45, 7) is 9.45. The molecule has 0 saturated heterocycles. The first-order chi connectivity index (χ1) is 31.5. The smallest absolute Gasteiger partial charge is 0.416 e. The third-order valence-corrected chi connectivity index (χ3v) is 12.1. The highest BCUT2D eigenvalue weighted by Crippen LogP contribution is 2.40. The number of nitrogens with zero attached hydrogens (tertiary/aromatic N) is 3. The minimum atomic E-state index is -1.44. The normalized spacial score (nSPS) is 20.6. The van der Waals surface area contributed by atoms with E-state index >= 15 is 0 Å². The number of hydrogen-bond donors (Lipinski definition) is 6. The number of hydrogen-bond acceptors (Lipinski definition) is 13. The van der Waals surface area contributed by atoms with Gasteiger partial charge in [-0.1, -0.05) is 37.1 Å². The molecule has 4 heterocycles. The Kier molecular flexibility index (Phi) is 14.5. The SMILES string of the molecule is COc1cc2c(cc1OCCCCCOc1ccc3c(c1)N(C(=O)OCc1ccc(NC(=O)[C@H](C)NC(=O)[C@@H](N)C(C)C)cc1)[C@@H](O)[C@@H]1CC(C)=CN1C3=O)N[C@@H](O)C1CC(C)=CN1C2=O. The molecule has 66 heavy (non-hydrogen) atoms. The van der Waals surface area contributed by atoms with Gasteiger partial charge in [-0.2, -0.15) is 0 Å². The monoisotopic (exact) mass is 909 g/mol. The molecule has 7 N–H and O–H groups in total. The van der Waals surface area contributed by atoms with Gasteiger partial charge in [0, 0.05) is 30.2 Å². The second kappa shape index (κ2) is 20.3. The molecule has 0 spiro atoms. The second-order valence-electron chi connectivity index (χ2n) is 17.5. The Morgan fingerprint density at radius 2 is 1.47 bits per heavy atom. The fraction of sp³-hybridized carbons (Fsp3) is 0.438. The highest BCUT2D eigenvalue weighted by molar-refractivity contribution is 6.06. The first-order valence-corrected chi connectivity index (χ1v) is 22.2. The Labute approximate surface area is 383 Å². The van der Waals surface area contributed by atoms with Crippen LogP contribution in [0.2, 0.25) is 0 Å². The van der Waals surface area contributed by atoms with Gasteiger partial charge in [0.25, 0.3) is 11.8 Å². The van der Waals surface area contributed by atoms with E-state index in [9.17, 15) is 34.2 Å². The number of fused-ring (bicyclic) bond motifs is 4. The van der Waals surface area contributed by atoms with Crippen LogP contribution < -0.4 is 40.8 Å². The molecule has 0 aliphatic carbocycles. The van der Waals surface area contributed by atoms with Gasteiger partial charge in [-0.05, 0) is 94.7 Å². The summed E-state index contributed by atoms with van der Waals surface area (Å²) in [6.07, 6.45) is 3.14. The Hall–Kier alpha value is -6.63. The number of unbranched alkanes of at least 4 members (excludes halogenated alkanes) is 2. The van der Waals surface area contributed by atoms with Crippen LogP contribution in [0.25, 0.3) is 0 Å². The molecule has 0 bridgehead atoms. The Bertz CT molecular complexity index is 2400. The molecule has 4 aliphatic rings. The summed E-state index contributed by atoms with van der Waals surface area (Å²) in [5.41, 5.74) is 10.00. The van der Waals surface area contributed by atoms with Crippen LogP contribution in [-0.2, 0) is 20.9 Å². The minimum absolute atomic E-state index is 0.0920. The van der Waals surface area contributed by atoms with Crippen LogP contribution in [-0.4, -0.2) is 107 Å². The van der Waals surface area contributed by atoms with E-state index in [2.05, 4.69) is 16.0 Å². The number of anilines is 3. The lowest BCUT2D eigenvalue weighted by atomic mass is 10.0. The molecule has 4 aliphatic heterocycles. The minimum Gasteiger partial charge on any atom is -0.494 e. The van der Waals surface area contributed by atoms with Crippen molar-refractivity contribution in [1.82, 2.24) is 15.1 Å². The molecule has 1 unspecified atom stereocenters. The van der Waals surface area contributed by atoms with Crippen molar-refractivity contribution in [3.63, 3.8) is 0 Å². The zero-order chi connectivity index (χ0) is 47.4. The summed E-state index contributed by atoms with van der Waals surface area (Å²) in [4.78, 5) is 70.3. The highest BCUT2D eigenvalue weighted by Gasteiger charge is 2.45. The summed E-state index contributed by atoms with van der Waals surface area (Å²) in [5.74, 6) is -0.336. The maximum atomic E-state index is 13.9. The number of aliphatic hydroxyl groups excluding tert-OH is 2. The molecule has 0 aromatic heterocycles. The maximum Gasteiger partial charge on any atom is 0.416 e. The van der Waals surface area contributed by atoms with E-state index < -0.39 is 54.5 Å². The zero-order valence-electron chi connectivity index (χ0n) is 38.0. The number of amides is 5. The molecule has 0 saturated carbocycles. The molecule has 18 nitrogen and oxygen atoms in total. The number of ether oxygens (including phenoxy) is 4. The topological polar surface area (TPSA) is 235 Å². The summed E-state index contributed by atoms with van der Waals surface area (Å²) in [6, 6.07) is 12.0. The maximum absolute atomic E-state index is 13.9. The van der Waals surface area contributed by atoms with Gasteiger partial charge >= 0.3 is 6.09 Å². The lowest BCUT2D eigenvalue weighted by Gasteiger charge is -2.31. The summed E-state index contributed by atoms with van der Waals surface area (Å²) < 4.78 is 23.5. The predicted octanol–water partition coefficient (Wildman–Crippen LogP) is 5.21. The third kappa shape index (κ3) is 10.2. The van der Waals surface area contributed by atoms with E-state index in [4.69, 9.17) is 24.7 Å². The fourth-order valence-corrected chi connectivity index (χ4v) is 8.30. The van der Waals surface area contributed by atoms with Gasteiger partial charge in [0.1, 0.15) is 24.6 Å². The molecular formula is C48H59N7O11. The van der Waals surface area contributed by atoms with Crippen molar-refractivity contribution >= 4 is 46.8 Å². The molecule has 3 aromatic rings. The molecule has 6 atom stereocenters. The average molecular weight is 910 g/mol. The van der Waals surface area contributed by atoms with Crippen LogP contribution in [0.15, 0.2) is 78.1 Å². The van der Waals surface area contributed by atoms with Crippen LogP contribution in [0.3, 0.4) is 0 Å². The lowest BCUT2D eigenvalue weighted by Crippen LogP contribution is -2.50. The lowest BCUT2D eigenvalue weighted by molar-refractivity contribution is -0.127. The Morgan fingerprint density at radius 3 is 2.15 bits per heavy atom. The number of rotatable bonds is 16. The number of carbonyl (C=O) groups is 5. The number of aliphatic hydroxyl groups is 2. The van der Waals surface area contributed by atoms with E-state index in [1.54, 1.807) is 78.8 Å². The molecule has 7 rings (SSSR count). The predicted molar refractivity (Wildman–Crippen MR) is 245 cm³/mol. The van der Waals surface area contributed by atoms with Crippen molar-refractivity contribution in [2.45, 2.75) is 110 Å². The molecule has 0 radical (unpaired) electrons. The van der Waals surface area contributed by atoms with Gasteiger partial charge in [0.15, 0.2) is 17.7 Å². The van der Waals surface area contributed by atoms with Crippen molar-refractivity contribution in [2.24, 2.45) is 11.7 Å². The van der Waals surface area contributed by atoms with Crippen LogP contribution in [0.5, 0.6) is 17.2 Å². The zero-order valence-corrected chi connectivity index (χ0v) is 38.0. The Morgan fingerprint density at radius 1 is 0.818 bits per heavy atom. The van der Waals surface area contributed by atoms with Crippen molar-refractivity contribution < 1.29 is 53.1 Å². The fourth-order valence-electron chi connectivity index (χ4n) is 8.30. The molecule has 3 aromatic carbocycles. The van der Waals surface area contributed by atoms with Crippen molar-refractivity contribution in [3.05, 3.63) is 94.8 Å². The van der Waals surface area contributed by atoms with Gasteiger partial charge in [-0.15, -0.1) is 0 Å². The van der Waals surface area contributed by atoms with Crippen LogP contribution >= 0.6 is 0 Å². The molecule has 0 fully saturated rings. The Balaban J connectivity index is 0.942. The standard InChI is InChI=1S/C48H59N7O11/c1-26(2)41(49)44(58)50-29(5)42(56)51-31-12-10-30(11-13-31)25-66-48(62)55-36-20-32(14-15-33(36)45(59)54-24-28(4)19-38(54)47(55)61)64-16-8-7-9-17-65-40-22-35-34(21-39(40)63-6)46(60)53-23-27(3)18-37(53)43(57)52-35/h10-15,20-24,26,29,37-38,41,43,47,52,57,61H,7-9,16-19,25,49H2,1-6H3,(H,50,58)(H,51,56)/t29-,37?,38-,41-,43-,47-/m0/s1. The molecule has 5 amide bonds. The van der Waals surface area contributed by atoms with E-state index in [1.807, 2.05) is 27.7 Å². The van der Waals surface area contributed by atoms with E-state index in [0.717, 1.165) is 22.5 Å². The summed E-state index contributed by atoms with van der Waals surface area (Å²) >= 11 is 0. The third-order valence-electron chi connectivity index (χ3n) is 12.1. The highest BCUT2D eigenvalue weighted by atomic mass is 16.6. The largest absolute Gasteiger partial charge is 0.494 e. The van der Waals surface area contributed by atoms with Gasteiger partial charge in [-0.25, -0.2) is 9.69 Å². The number of nitrogens with one attached hydrogen (secondary N) is 3. The number of nitrogens with two attached hydrogens (primary N) is 1. The first-order valence-electron chi connectivity index (χ1n) is 22.2. The van der Waals surface area contributed by atoms with E-state index in [1.165, 1.54) is 12.0 Å². The van der Waals surface area contributed by atoms with Gasteiger partial charge in [-0.3, -0.25) is 19.2 Å². The van der Waals surface area contributed by atoms with Crippen molar-refractivity contribution in [2.75, 3.05) is 35.9 Å². The molecule has 18 heteroatoms. The van der Waals surface area contributed by atoms with Crippen LogP contribution in [0, 0.1) is 5.92 Å².